The number of benzene rings is 2. The maximum atomic E-state index is 13.2. The molecular formula is C19H14FNO6. The number of nitro benzene ring substituents is 1. The minimum absolute atomic E-state index is 0.0239. The van der Waals surface area contributed by atoms with Crippen molar-refractivity contribution in [3.05, 3.63) is 63.5 Å². The Hall–Kier alpha value is -3.55. The molecular weight excluding hydrogens is 357 g/mol. The summed E-state index contributed by atoms with van der Waals surface area (Å²) in [5, 5.41) is 11.5. The topological polar surface area (TPSA) is 99.7 Å². The van der Waals surface area contributed by atoms with Crippen LogP contribution in [0.25, 0.3) is 22.3 Å². The number of fused-ring (bicyclic) bond motifs is 1. The van der Waals surface area contributed by atoms with Gasteiger partial charge < -0.3 is 9.15 Å². The normalized spacial score (nSPS) is 10.8. The van der Waals surface area contributed by atoms with Crippen molar-refractivity contribution in [2.24, 2.45) is 0 Å². The monoisotopic (exact) mass is 371 g/mol. The molecule has 8 heteroatoms. The van der Waals surface area contributed by atoms with Crippen molar-refractivity contribution < 1.29 is 28.1 Å². The molecule has 3 rings (SSSR count). The van der Waals surface area contributed by atoms with Gasteiger partial charge in [0.25, 0.3) is 5.69 Å². The molecule has 2 aromatic carbocycles. The minimum atomic E-state index is -0.709. The fraction of sp³-hybridized carbons (Fsp3) is 0.158. The first-order valence-corrected chi connectivity index (χ1v) is 8.02. The summed E-state index contributed by atoms with van der Waals surface area (Å²) in [6.07, 6.45) is 0. The van der Waals surface area contributed by atoms with Gasteiger partial charge in [0.05, 0.1) is 23.2 Å². The van der Waals surface area contributed by atoms with Crippen molar-refractivity contribution >= 4 is 28.4 Å². The van der Waals surface area contributed by atoms with E-state index in [0.29, 0.717) is 5.56 Å². The molecule has 0 atom stereocenters. The Balaban J connectivity index is 2.36. The van der Waals surface area contributed by atoms with Crippen LogP contribution >= 0.6 is 0 Å². The number of rotatable bonds is 5. The highest BCUT2D eigenvalue weighted by molar-refractivity contribution is 6.12. The summed E-state index contributed by atoms with van der Waals surface area (Å²) in [6, 6.07) is 7.56. The van der Waals surface area contributed by atoms with Crippen LogP contribution in [-0.4, -0.2) is 23.3 Å². The van der Waals surface area contributed by atoms with E-state index in [1.165, 1.54) is 37.3 Å². The first-order chi connectivity index (χ1) is 12.8. The SMILES string of the molecule is CCOC(=O)c1c(-c2ccc(F)cc2)oc2cc([N+](=O)[O-])c(C(C)=O)cc12. The maximum Gasteiger partial charge on any atom is 0.342 e. The summed E-state index contributed by atoms with van der Waals surface area (Å²) >= 11 is 0. The highest BCUT2D eigenvalue weighted by atomic mass is 19.1. The highest BCUT2D eigenvalue weighted by Crippen LogP contribution is 2.37. The summed E-state index contributed by atoms with van der Waals surface area (Å²) in [5.41, 5.74) is -0.109. The van der Waals surface area contributed by atoms with E-state index in [1.54, 1.807) is 6.92 Å². The van der Waals surface area contributed by atoms with E-state index in [-0.39, 0.29) is 34.5 Å². The third-order valence-corrected chi connectivity index (χ3v) is 3.97. The van der Waals surface area contributed by atoms with Crippen LogP contribution in [0.2, 0.25) is 0 Å². The first-order valence-electron chi connectivity index (χ1n) is 8.02. The molecule has 0 saturated heterocycles. The molecule has 0 unspecified atom stereocenters. The second kappa shape index (κ2) is 6.99. The van der Waals surface area contributed by atoms with Crippen molar-refractivity contribution in [3.8, 4) is 11.3 Å². The molecule has 0 spiro atoms. The first kappa shape index (κ1) is 18.2. The Morgan fingerprint density at radius 1 is 1.22 bits per heavy atom. The number of carbonyl (C=O) groups is 2. The minimum Gasteiger partial charge on any atom is -0.462 e. The van der Waals surface area contributed by atoms with Gasteiger partial charge in [0.15, 0.2) is 5.78 Å². The van der Waals surface area contributed by atoms with Gasteiger partial charge in [0, 0.05) is 10.9 Å². The number of carbonyl (C=O) groups excluding carboxylic acids is 2. The zero-order chi connectivity index (χ0) is 19.7. The predicted molar refractivity (Wildman–Crippen MR) is 94.2 cm³/mol. The van der Waals surface area contributed by atoms with Crippen LogP contribution in [-0.2, 0) is 4.74 Å². The van der Waals surface area contributed by atoms with E-state index in [2.05, 4.69) is 0 Å². The smallest absolute Gasteiger partial charge is 0.342 e. The molecule has 1 aromatic heterocycles. The van der Waals surface area contributed by atoms with Crippen LogP contribution in [0.15, 0.2) is 40.8 Å². The molecule has 0 saturated carbocycles. The van der Waals surface area contributed by atoms with Crippen molar-refractivity contribution in [3.63, 3.8) is 0 Å². The van der Waals surface area contributed by atoms with Gasteiger partial charge >= 0.3 is 5.97 Å². The Bertz CT molecular complexity index is 1070. The van der Waals surface area contributed by atoms with Crippen molar-refractivity contribution in [2.45, 2.75) is 13.8 Å². The van der Waals surface area contributed by atoms with E-state index in [1.807, 2.05) is 0 Å². The highest BCUT2D eigenvalue weighted by Gasteiger charge is 2.28. The Labute approximate surface area is 152 Å². The molecule has 0 amide bonds. The quantitative estimate of drug-likeness (QED) is 0.283. The molecule has 0 aliphatic heterocycles. The number of hydrogen-bond donors (Lipinski definition) is 0. The second-order valence-electron chi connectivity index (χ2n) is 5.71. The number of Topliss-reactive ketones (excluding diaryl/α,β-unsaturated/α-hetero) is 1. The predicted octanol–water partition coefficient (Wildman–Crippen LogP) is 4.53. The van der Waals surface area contributed by atoms with Crippen LogP contribution in [0.3, 0.4) is 0 Å². The lowest BCUT2D eigenvalue weighted by atomic mass is 10.0. The summed E-state index contributed by atoms with van der Waals surface area (Å²) < 4.78 is 24.0. The fourth-order valence-electron chi connectivity index (χ4n) is 2.78. The zero-order valence-electron chi connectivity index (χ0n) is 14.4. The number of halogens is 1. The molecule has 138 valence electrons. The lowest BCUT2D eigenvalue weighted by Gasteiger charge is -2.04. The number of esters is 1. The van der Waals surface area contributed by atoms with Gasteiger partial charge in [-0.15, -0.1) is 0 Å². The van der Waals surface area contributed by atoms with Crippen LogP contribution in [0.4, 0.5) is 10.1 Å². The zero-order valence-corrected chi connectivity index (χ0v) is 14.4. The van der Waals surface area contributed by atoms with Gasteiger partial charge in [-0.1, -0.05) is 0 Å². The molecule has 27 heavy (non-hydrogen) atoms. The van der Waals surface area contributed by atoms with Crippen LogP contribution in [0.1, 0.15) is 34.6 Å². The van der Waals surface area contributed by atoms with E-state index in [4.69, 9.17) is 9.15 Å². The van der Waals surface area contributed by atoms with E-state index in [0.717, 1.165) is 6.07 Å². The third-order valence-electron chi connectivity index (χ3n) is 3.97. The van der Waals surface area contributed by atoms with E-state index in [9.17, 15) is 24.1 Å². The van der Waals surface area contributed by atoms with E-state index >= 15 is 0 Å². The molecule has 1 heterocycles. The third kappa shape index (κ3) is 3.29. The van der Waals surface area contributed by atoms with Crippen LogP contribution < -0.4 is 0 Å². The Kier molecular flexibility index (Phi) is 4.72. The maximum absolute atomic E-state index is 13.2. The van der Waals surface area contributed by atoms with Gasteiger partial charge in [0.2, 0.25) is 0 Å². The van der Waals surface area contributed by atoms with Gasteiger partial charge in [-0.25, -0.2) is 9.18 Å². The molecule has 0 aliphatic carbocycles. The summed E-state index contributed by atoms with van der Waals surface area (Å²) in [6.45, 7) is 2.92. The molecule has 0 fully saturated rings. The number of nitro groups is 1. The molecule has 0 bridgehead atoms. The number of furan rings is 1. The summed E-state index contributed by atoms with van der Waals surface area (Å²) in [4.78, 5) is 34.9. The van der Waals surface area contributed by atoms with Gasteiger partial charge in [0.1, 0.15) is 22.7 Å². The lowest BCUT2D eigenvalue weighted by Crippen LogP contribution is -2.06. The lowest BCUT2D eigenvalue weighted by molar-refractivity contribution is -0.385. The molecule has 0 radical (unpaired) electrons. The largest absolute Gasteiger partial charge is 0.462 e. The van der Waals surface area contributed by atoms with Crippen molar-refractivity contribution in [2.75, 3.05) is 6.61 Å². The fourth-order valence-corrected chi connectivity index (χ4v) is 2.78. The molecule has 0 N–H and O–H groups in total. The number of ether oxygens (including phenoxy) is 1. The summed E-state index contributed by atoms with van der Waals surface area (Å²) in [7, 11) is 0. The van der Waals surface area contributed by atoms with Gasteiger partial charge in [-0.05, 0) is 44.2 Å². The summed E-state index contributed by atoms with van der Waals surface area (Å²) in [5.74, 6) is -1.62. The average molecular weight is 371 g/mol. The molecule has 3 aromatic rings. The van der Waals surface area contributed by atoms with Gasteiger partial charge in [-0.2, -0.15) is 0 Å². The van der Waals surface area contributed by atoms with Crippen LogP contribution in [0.5, 0.6) is 0 Å². The van der Waals surface area contributed by atoms with Crippen LogP contribution in [0, 0.1) is 15.9 Å². The Morgan fingerprint density at radius 2 is 1.89 bits per heavy atom. The van der Waals surface area contributed by atoms with Crippen molar-refractivity contribution in [1.82, 2.24) is 0 Å². The number of hydrogen-bond acceptors (Lipinski definition) is 6. The number of ketones is 1. The standard InChI is InChI=1S/C19H14FNO6/c1-3-26-19(23)17-14-8-13(10(2)22)15(21(24)25)9-16(14)27-18(17)11-4-6-12(20)7-5-11/h4-9H,3H2,1-2H3. The molecule has 7 nitrogen and oxygen atoms in total. The molecule has 0 aliphatic rings. The van der Waals surface area contributed by atoms with E-state index < -0.39 is 28.2 Å². The van der Waals surface area contributed by atoms with Crippen molar-refractivity contribution in [1.29, 1.82) is 0 Å². The Morgan fingerprint density at radius 3 is 2.44 bits per heavy atom. The average Bonchev–Trinajstić information content (AvgIpc) is 2.99. The second-order valence-corrected chi connectivity index (χ2v) is 5.71. The van der Waals surface area contributed by atoms with Gasteiger partial charge in [-0.3, -0.25) is 14.9 Å². The number of nitrogens with zero attached hydrogens (tertiary/aromatic N) is 1.